The lowest BCUT2D eigenvalue weighted by molar-refractivity contribution is 0.202. The second-order valence-electron chi connectivity index (χ2n) is 5.26. The molecule has 1 saturated heterocycles. The van der Waals surface area contributed by atoms with Gasteiger partial charge in [-0.15, -0.1) is 0 Å². The molecular formula is C14H20FNO3S. The summed E-state index contributed by atoms with van der Waals surface area (Å²) in [6.45, 7) is 1.10. The summed E-state index contributed by atoms with van der Waals surface area (Å²) in [6, 6.07) is 5.55. The van der Waals surface area contributed by atoms with Crippen molar-refractivity contribution in [3.63, 3.8) is 0 Å². The van der Waals surface area contributed by atoms with Gasteiger partial charge in [0.05, 0.1) is 5.75 Å². The minimum Gasteiger partial charge on any atom is -0.396 e. The van der Waals surface area contributed by atoms with Crippen molar-refractivity contribution in [1.82, 2.24) is 4.31 Å². The third kappa shape index (κ3) is 4.01. The van der Waals surface area contributed by atoms with Crippen LogP contribution < -0.4 is 0 Å². The van der Waals surface area contributed by atoms with Crippen LogP contribution in [0.15, 0.2) is 24.3 Å². The maximum Gasteiger partial charge on any atom is 0.218 e. The van der Waals surface area contributed by atoms with Gasteiger partial charge < -0.3 is 5.11 Å². The van der Waals surface area contributed by atoms with Crippen LogP contribution >= 0.6 is 0 Å². The second kappa shape index (κ2) is 6.65. The highest BCUT2D eigenvalue weighted by Crippen LogP contribution is 2.23. The van der Waals surface area contributed by atoms with Gasteiger partial charge in [0.2, 0.25) is 10.0 Å². The molecular weight excluding hydrogens is 281 g/mol. The van der Waals surface area contributed by atoms with Gasteiger partial charge >= 0.3 is 0 Å². The van der Waals surface area contributed by atoms with E-state index in [1.807, 2.05) is 0 Å². The number of aliphatic hydroxyl groups excluding tert-OH is 1. The van der Waals surface area contributed by atoms with Crippen molar-refractivity contribution < 1.29 is 17.9 Å². The highest BCUT2D eigenvalue weighted by molar-refractivity contribution is 7.88. The molecule has 0 radical (unpaired) electrons. The van der Waals surface area contributed by atoms with E-state index in [1.54, 1.807) is 0 Å². The zero-order chi connectivity index (χ0) is 14.6. The zero-order valence-corrected chi connectivity index (χ0v) is 12.2. The summed E-state index contributed by atoms with van der Waals surface area (Å²) in [5, 5.41) is 8.97. The molecule has 1 aliphatic heterocycles. The second-order valence-corrected chi connectivity index (χ2v) is 7.23. The van der Waals surface area contributed by atoms with Crippen LogP contribution in [0.4, 0.5) is 4.39 Å². The van der Waals surface area contributed by atoms with Gasteiger partial charge in [0.1, 0.15) is 5.82 Å². The lowest BCUT2D eigenvalue weighted by atomic mass is 9.97. The fourth-order valence-corrected chi connectivity index (χ4v) is 4.22. The molecule has 1 N–H and O–H groups in total. The van der Waals surface area contributed by atoms with E-state index in [9.17, 15) is 12.8 Å². The van der Waals surface area contributed by atoms with E-state index in [0.29, 0.717) is 25.1 Å². The predicted molar refractivity (Wildman–Crippen MR) is 75.0 cm³/mol. The third-order valence-corrected chi connectivity index (χ3v) is 5.49. The van der Waals surface area contributed by atoms with Crippen molar-refractivity contribution in [2.24, 2.45) is 5.92 Å². The summed E-state index contributed by atoms with van der Waals surface area (Å²) in [4.78, 5) is 0. The van der Waals surface area contributed by atoms with Crippen molar-refractivity contribution in [3.8, 4) is 0 Å². The monoisotopic (exact) mass is 301 g/mol. The number of hydrogen-bond acceptors (Lipinski definition) is 3. The maximum absolute atomic E-state index is 12.8. The Morgan fingerprint density at radius 1 is 1.30 bits per heavy atom. The molecule has 2 rings (SSSR count). The van der Waals surface area contributed by atoms with E-state index in [0.717, 1.165) is 12.8 Å². The molecule has 112 valence electrons. The topological polar surface area (TPSA) is 57.6 Å². The number of halogens is 1. The first-order chi connectivity index (χ1) is 9.51. The fraction of sp³-hybridized carbons (Fsp3) is 0.571. The molecule has 0 spiro atoms. The molecule has 1 unspecified atom stereocenters. The first kappa shape index (κ1) is 15.4. The molecule has 1 atom stereocenters. The van der Waals surface area contributed by atoms with E-state index in [1.165, 1.54) is 28.6 Å². The Labute approximate surface area is 119 Å². The number of benzene rings is 1. The van der Waals surface area contributed by atoms with Crippen LogP contribution in [0.2, 0.25) is 0 Å². The van der Waals surface area contributed by atoms with Crippen molar-refractivity contribution in [2.45, 2.75) is 25.0 Å². The Hall–Kier alpha value is -0.980. The standard InChI is InChI=1S/C14H20FNO3S/c15-14-5-3-13(4-6-14)11-20(18,19)16-8-1-2-12(10-16)7-9-17/h3-6,12,17H,1-2,7-11H2. The van der Waals surface area contributed by atoms with Crippen LogP contribution in [-0.4, -0.2) is 37.5 Å². The molecule has 20 heavy (non-hydrogen) atoms. The first-order valence-electron chi connectivity index (χ1n) is 6.84. The van der Waals surface area contributed by atoms with E-state index in [2.05, 4.69) is 0 Å². The normalized spacial score (nSPS) is 21.0. The van der Waals surface area contributed by atoms with E-state index in [4.69, 9.17) is 5.11 Å². The zero-order valence-electron chi connectivity index (χ0n) is 11.3. The number of piperidine rings is 1. The molecule has 1 fully saturated rings. The van der Waals surface area contributed by atoms with Crippen molar-refractivity contribution in [3.05, 3.63) is 35.6 Å². The molecule has 1 aromatic rings. The number of sulfonamides is 1. The van der Waals surface area contributed by atoms with Gasteiger partial charge in [0, 0.05) is 19.7 Å². The molecule has 1 aliphatic rings. The number of rotatable bonds is 5. The summed E-state index contributed by atoms with van der Waals surface area (Å²) in [7, 11) is -3.37. The van der Waals surface area contributed by atoms with Crippen LogP contribution in [-0.2, 0) is 15.8 Å². The summed E-state index contributed by atoms with van der Waals surface area (Å²) in [6.07, 6.45) is 2.43. The number of nitrogens with zero attached hydrogens (tertiary/aromatic N) is 1. The molecule has 0 amide bonds. The van der Waals surface area contributed by atoms with Crippen LogP contribution in [0.5, 0.6) is 0 Å². The summed E-state index contributed by atoms with van der Waals surface area (Å²) >= 11 is 0. The van der Waals surface area contributed by atoms with Gasteiger partial charge in [0.15, 0.2) is 0 Å². The number of hydrogen-bond donors (Lipinski definition) is 1. The van der Waals surface area contributed by atoms with Gasteiger partial charge in [-0.05, 0) is 42.9 Å². The molecule has 0 aliphatic carbocycles. The first-order valence-corrected chi connectivity index (χ1v) is 8.45. The molecule has 6 heteroatoms. The molecule has 0 aromatic heterocycles. The Bertz CT molecular complexity index is 528. The summed E-state index contributed by atoms with van der Waals surface area (Å²) in [5.74, 6) is -0.233. The van der Waals surface area contributed by atoms with Crippen molar-refractivity contribution >= 4 is 10.0 Å². The quantitative estimate of drug-likeness (QED) is 0.901. The molecule has 4 nitrogen and oxygen atoms in total. The van der Waals surface area contributed by atoms with E-state index in [-0.39, 0.29) is 24.1 Å². The minimum absolute atomic E-state index is 0.0938. The van der Waals surface area contributed by atoms with Gasteiger partial charge in [0.25, 0.3) is 0 Å². The maximum atomic E-state index is 12.8. The molecule has 1 heterocycles. The molecule has 1 aromatic carbocycles. The van der Waals surface area contributed by atoms with Crippen molar-refractivity contribution in [1.29, 1.82) is 0 Å². The predicted octanol–water partition coefficient (Wildman–Crippen LogP) is 1.75. The third-order valence-electron chi connectivity index (χ3n) is 3.67. The van der Waals surface area contributed by atoms with Gasteiger partial charge in [-0.25, -0.2) is 17.1 Å². The van der Waals surface area contributed by atoms with Gasteiger partial charge in [-0.1, -0.05) is 12.1 Å². The van der Waals surface area contributed by atoms with Crippen LogP contribution in [0.3, 0.4) is 0 Å². The summed E-state index contributed by atoms with van der Waals surface area (Å²) in [5.41, 5.74) is 0.593. The van der Waals surface area contributed by atoms with Gasteiger partial charge in [-0.2, -0.15) is 0 Å². The fourth-order valence-electron chi connectivity index (χ4n) is 2.58. The Kier molecular flexibility index (Phi) is 5.12. The average molecular weight is 301 g/mol. The Balaban J connectivity index is 2.04. The largest absolute Gasteiger partial charge is 0.396 e. The van der Waals surface area contributed by atoms with Gasteiger partial charge in [-0.3, -0.25) is 0 Å². The summed E-state index contributed by atoms with van der Waals surface area (Å²) < 4.78 is 39.0. The smallest absolute Gasteiger partial charge is 0.218 e. The highest BCUT2D eigenvalue weighted by atomic mass is 32.2. The van der Waals surface area contributed by atoms with Crippen LogP contribution in [0, 0.1) is 11.7 Å². The van der Waals surface area contributed by atoms with E-state index >= 15 is 0 Å². The molecule has 0 bridgehead atoms. The van der Waals surface area contributed by atoms with Crippen LogP contribution in [0.1, 0.15) is 24.8 Å². The molecule has 0 saturated carbocycles. The van der Waals surface area contributed by atoms with Crippen molar-refractivity contribution in [2.75, 3.05) is 19.7 Å². The Morgan fingerprint density at radius 3 is 2.65 bits per heavy atom. The highest BCUT2D eigenvalue weighted by Gasteiger charge is 2.28. The lowest BCUT2D eigenvalue weighted by Gasteiger charge is -2.31. The average Bonchev–Trinajstić information content (AvgIpc) is 2.42. The minimum atomic E-state index is -3.37. The SMILES string of the molecule is O=S(=O)(Cc1ccc(F)cc1)N1CCCC(CCO)C1. The van der Waals surface area contributed by atoms with Crippen LogP contribution in [0.25, 0.3) is 0 Å². The number of aliphatic hydroxyl groups is 1. The van der Waals surface area contributed by atoms with E-state index < -0.39 is 10.0 Å². The Morgan fingerprint density at radius 2 is 2.00 bits per heavy atom. The lowest BCUT2D eigenvalue weighted by Crippen LogP contribution is -2.40.